The number of hydrogen-bond donors (Lipinski definition) is 2. The molecule has 2 rings (SSSR count). The third-order valence-corrected chi connectivity index (χ3v) is 5.87. The summed E-state index contributed by atoms with van der Waals surface area (Å²) >= 11 is 0. The quantitative estimate of drug-likeness (QED) is 0.376. The first-order chi connectivity index (χ1) is 13.3. The fourth-order valence-electron chi connectivity index (χ4n) is 2.71. The molecule has 29 heavy (non-hydrogen) atoms. The molecule has 9 nitrogen and oxygen atoms in total. The third-order valence-electron chi connectivity index (χ3n) is 4.36. The van der Waals surface area contributed by atoms with Gasteiger partial charge in [0.1, 0.15) is 16.6 Å². The highest BCUT2D eigenvalue weighted by Crippen LogP contribution is 2.21. The summed E-state index contributed by atoms with van der Waals surface area (Å²) in [7, 11) is -3.11. The van der Waals surface area contributed by atoms with Gasteiger partial charge in [-0.2, -0.15) is 13.2 Å². The number of amides is 2. The minimum atomic E-state index is -4.72. The molecule has 1 aliphatic heterocycles. The van der Waals surface area contributed by atoms with Crippen LogP contribution in [0, 0.1) is 5.82 Å². The summed E-state index contributed by atoms with van der Waals surface area (Å²) < 4.78 is 79.4. The zero-order valence-corrected chi connectivity index (χ0v) is 16.1. The average Bonchev–Trinajstić information content (AvgIpc) is 3.17. The molecule has 2 amide bonds. The Kier molecular flexibility index (Phi) is 6.37. The van der Waals surface area contributed by atoms with E-state index in [1.807, 2.05) is 0 Å². The van der Waals surface area contributed by atoms with E-state index in [1.54, 1.807) is 0 Å². The van der Waals surface area contributed by atoms with Crippen molar-refractivity contribution in [2.24, 2.45) is 7.05 Å². The first-order valence-corrected chi connectivity index (χ1v) is 9.75. The van der Waals surface area contributed by atoms with Crippen molar-refractivity contribution in [2.75, 3.05) is 13.1 Å². The molecule has 2 unspecified atom stereocenters. The third kappa shape index (κ3) is 4.93. The summed E-state index contributed by atoms with van der Waals surface area (Å²) in [5, 5.41) is 1.53. The maximum absolute atomic E-state index is 14.1. The van der Waals surface area contributed by atoms with Crippen molar-refractivity contribution in [2.45, 2.75) is 36.5 Å². The molecule has 1 aromatic rings. The number of rotatable bonds is 5. The van der Waals surface area contributed by atoms with Gasteiger partial charge in [0.15, 0.2) is 12.1 Å². The summed E-state index contributed by atoms with van der Waals surface area (Å²) in [6.45, 7) is 0.297. The monoisotopic (exact) mass is 442 g/mol. The maximum atomic E-state index is 14.1. The van der Waals surface area contributed by atoms with Crippen LogP contribution in [0.3, 0.4) is 0 Å². The number of nitrogens with zero attached hydrogens (tertiary/aromatic N) is 2. The summed E-state index contributed by atoms with van der Waals surface area (Å²) in [5.74, 6) is -3.94. The van der Waals surface area contributed by atoms with Gasteiger partial charge in [0.2, 0.25) is 10.0 Å². The van der Waals surface area contributed by atoms with Crippen molar-refractivity contribution in [1.82, 2.24) is 19.5 Å². The van der Waals surface area contributed by atoms with Gasteiger partial charge in [0.25, 0.3) is 0 Å². The van der Waals surface area contributed by atoms with E-state index in [4.69, 9.17) is 0 Å². The van der Waals surface area contributed by atoms with E-state index in [9.17, 15) is 40.4 Å². The van der Waals surface area contributed by atoms with Crippen LogP contribution in [0.5, 0.6) is 0 Å². The molecule has 14 heteroatoms. The number of sulfonamides is 1. The molecule has 162 valence electrons. The molecule has 0 aromatic carbocycles. The number of aldehydes is 1. The molecule has 1 aliphatic rings. The molecule has 1 saturated heterocycles. The zero-order chi connectivity index (χ0) is 22.1. The van der Waals surface area contributed by atoms with Gasteiger partial charge in [0.05, 0.1) is 0 Å². The largest absolute Gasteiger partial charge is 0.408 e. The Balaban J connectivity index is 2.03. The summed E-state index contributed by atoms with van der Waals surface area (Å²) in [6.07, 6.45) is -3.60. The van der Waals surface area contributed by atoms with Crippen molar-refractivity contribution < 1.29 is 40.4 Å². The lowest BCUT2D eigenvalue weighted by molar-refractivity contribution is -0.162. The van der Waals surface area contributed by atoms with Crippen LogP contribution in [0.4, 0.5) is 17.6 Å². The van der Waals surface area contributed by atoms with Crippen molar-refractivity contribution in [3.8, 4) is 0 Å². The van der Waals surface area contributed by atoms with Crippen LogP contribution in [0.2, 0.25) is 0 Å². The average molecular weight is 442 g/mol. The van der Waals surface area contributed by atoms with Gasteiger partial charge in [-0.3, -0.25) is 14.4 Å². The number of halogens is 4. The lowest BCUT2D eigenvalue weighted by atomic mass is 10.3. The SMILES string of the molecule is CC(NC(=O)C(=O)N1CCC(NS(=O)(=O)c2cn(C)c(C=O)c2F)C1)C(F)(F)F. The Hall–Kier alpha value is -2.48. The molecule has 0 bridgehead atoms. The number of alkyl halides is 3. The second-order valence-electron chi connectivity index (χ2n) is 6.52. The van der Waals surface area contributed by atoms with E-state index >= 15 is 0 Å². The highest BCUT2D eigenvalue weighted by atomic mass is 32.2. The second kappa shape index (κ2) is 8.10. The molecule has 1 aromatic heterocycles. The number of likely N-dealkylation sites (tertiary alicyclic amines) is 1. The second-order valence-corrected chi connectivity index (χ2v) is 8.20. The van der Waals surface area contributed by atoms with Crippen LogP contribution >= 0.6 is 0 Å². The first kappa shape index (κ1) is 22.8. The van der Waals surface area contributed by atoms with E-state index in [0.717, 1.165) is 15.7 Å². The Morgan fingerprint density at radius 2 is 1.97 bits per heavy atom. The summed E-state index contributed by atoms with van der Waals surface area (Å²) in [6, 6.07) is -3.12. The van der Waals surface area contributed by atoms with Crippen LogP contribution in [0.25, 0.3) is 0 Å². The number of aromatic nitrogens is 1. The van der Waals surface area contributed by atoms with Crippen LogP contribution < -0.4 is 10.0 Å². The Morgan fingerprint density at radius 3 is 2.48 bits per heavy atom. The van der Waals surface area contributed by atoms with E-state index in [2.05, 4.69) is 4.72 Å². The molecule has 0 aliphatic carbocycles. The van der Waals surface area contributed by atoms with E-state index in [0.29, 0.717) is 6.92 Å². The Morgan fingerprint density at radius 1 is 1.34 bits per heavy atom. The zero-order valence-electron chi connectivity index (χ0n) is 15.3. The fourth-order valence-corrected chi connectivity index (χ4v) is 4.11. The van der Waals surface area contributed by atoms with Crippen LogP contribution in [-0.2, 0) is 26.7 Å². The van der Waals surface area contributed by atoms with Crippen LogP contribution in [-0.4, -0.2) is 67.3 Å². The number of carbonyl (C=O) groups excluding carboxylic acids is 3. The van der Waals surface area contributed by atoms with Crippen LogP contribution in [0.15, 0.2) is 11.1 Å². The number of hydrogen-bond acceptors (Lipinski definition) is 5. The molecule has 0 saturated carbocycles. The number of aryl methyl sites for hydroxylation is 1. The Labute approximate surface area is 163 Å². The normalized spacial score (nSPS) is 18.6. The fraction of sp³-hybridized carbons (Fsp3) is 0.533. The lowest BCUT2D eigenvalue weighted by Gasteiger charge is -2.20. The van der Waals surface area contributed by atoms with Gasteiger partial charge in [0, 0.05) is 32.4 Å². The lowest BCUT2D eigenvalue weighted by Crippen LogP contribution is -2.50. The minimum Gasteiger partial charge on any atom is -0.345 e. The van der Waals surface area contributed by atoms with Gasteiger partial charge >= 0.3 is 18.0 Å². The molecule has 0 radical (unpaired) electrons. The summed E-state index contributed by atoms with van der Waals surface area (Å²) in [5.41, 5.74) is -0.468. The van der Waals surface area contributed by atoms with Gasteiger partial charge in [-0.15, -0.1) is 0 Å². The van der Waals surface area contributed by atoms with Crippen molar-refractivity contribution in [3.05, 3.63) is 17.7 Å². The van der Waals surface area contributed by atoms with E-state index in [1.165, 1.54) is 12.4 Å². The molecule has 0 spiro atoms. The molecular weight excluding hydrogens is 424 g/mol. The molecule has 1 fully saturated rings. The predicted octanol–water partition coefficient (Wildman–Crippen LogP) is -0.0771. The van der Waals surface area contributed by atoms with Crippen molar-refractivity contribution in [3.63, 3.8) is 0 Å². The molecular formula is C15H18F4N4O5S. The van der Waals surface area contributed by atoms with Gasteiger partial charge in [-0.25, -0.2) is 17.5 Å². The standard InChI is InChI=1S/C15H18F4N4O5S/c1-8(15(17,18)19)20-13(25)14(26)23-4-3-9(5-23)21-29(27,28)11-6-22(2)10(7-24)12(11)16/h6-9,21H,3-5H2,1-2H3,(H,20,25). The number of carbonyl (C=O) groups is 3. The smallest absolute Gasteiger partial charge is 0.345 e. The first-order valence-electron chi connectivity index (χ1n) is 8.26. The summed E-state index contributed by atoms with van der Waals surface area (Å²) in [4.78, 5) is 34.6. The van der Waals surface area contributed by atoms with E-state index in [-0.39, 0.29) is 25.8 Å². The van der Waals surface area contributed by atoms with E-state index < -0.39 is 56.5 Å². The predicted molar refractivity (Wildman–Crippen MR) is 89.7 cm³/mol. The highest BCUT2D eigenvalue weighted by Gasteiger charge is 2.40. The van der Waals surface area contributed by atoms with Crippen molar-refractivity contribution in [1.29, 1.82) is 0 Å². The van der Waals surface area contributed by atoms with Gasteiger partial charge in [-0.05, 0) is 13.3 Å². The highest BCUT2D eigenvalue weighted by molar-refractivity contribution is 7.89. The van der Waals surface area contributed by atoms with Crippen molar-refractivity contribution >= 4 is 28.1 Å². The molecule has 2 heterocycles. The molecule has 2 N–H and O–H groups in total. The number of nitrogens with one attached hydrogen (secondary N) is 2. The Bertz CT molecular complexity index is 928. The van der Waals surface area contributed by atoms with Gasteiger partial charge in [-0.1, -0.05) is 0 Å². The minimum absolute atomic E-state index is 0.0576. The van der Waals surface area contributed by atoms with Crippen LogP contribution in [0.1, 0.15) is 23.8 Å². The van der Waals surface area contributed by atoms with Gasteiger partial charge < -0.3 is 14.8 Å². The maximum Gasteiger partial charge on any atom is 0.408 e. The molecule has 2 atom stereocenters. The topological polar surface area (TPSA) is 118 Å².